The molecule has 0 saturated heterocycles. The first kappa shape index (κ1) is 6.62. The molecule has 0 aliphatic heterocycles. The summed E-state index contributed by atoms with van der Waals surface area (Å²) in [7, 11) is 0. The van der Waals surface area contributed by atoms with Crippen molar-refractivity contribution < 1.29 is 4.48 Å². The summed E-state index contributed by atoms with van der Waals surface area (Å²) in [4.78, 5) is 0. The van der Waals surface area contributed by atoms with Gasteiger partial charge < -0.3 is 5.32 Å². The Morgan fingerprint density at radius 3 is 2.57 bits per heavy atom. The predicted molar refractivity (Wildman–Crippen MR) is 30.5 cm³/mol. The van der Waals surface area contributed by atoms with Crippen LogP contribution in [0.15, 0.2) is 0 Å². The summed E-state index contributed by atoms with van der Waals surface area (Å²) in [6.07, 6.45) is 0. The first-order valence-corrected chi connectivity index (χ1v) is 2.36. The number of hydrogen-bond donors (Lipinski definition) is 2. The molecule has 2 N–H and O–H groups in total. The van der Waals surface area contributed by atoms with Gasteiger partial charge in [-0.1, -0.05) is 0 Å². The number of hydrogen-bond acceptors (Lipinski definition) is 1. The van der Waals surface area contributed by atoms with Crippen LogP contribution in [-0.4, -0.2) is 11.7 Å². The molecule has 0 bridgehead atoms. The Balaban J connectivity index is 3.00. The molecule has 0 aliphatic carbocycles. The normalized spacial score (nSPS) is 7.71. The van der Waals surface area contributed by atoms with E-state index in [0.29, 0.717) is 6.54 Å². The van der Waals surface area contributed by atoms with Crippen molar-refractivity contribution in [1.82, 2.24) is 10.9 Å². The van der Waals surface area contributed by atoms with Crippen LogP contribution in [0.3, 0.4) is 0 Å². The Kier molecular flexibility index (Phi) is 3.59. The van der Waals surface area contributed by atoms with Crippen LogP contribution in [0.4, 0.5) is 4.48 Å². The maximum Gasteiger partial charge on any atom is 0.194 e. The number of thiocarbonyl (C=S) groups is 1. The minimum atomic E-state index is 0.0440. The Hall–Kier alpha value is -0.380. The summed E-state index contributed by atoms with van der Waals surface area (Å²) in [6, 6.07) is 0. The molecule has 0 saturated carbocycles. The lowest BCUT2D eigenvalue weighted by atomic mass is 10.8. The summed E-state index contributed by atoms with van der Waals surface area (Å²) in [5.41, 5.74) is 1.29. The molecule has 0 aromatic carbocycles. The molecule has 4 heteroatoms. The van der Waals surface area contributed by atoms with E-state index in [1.54, 1.807) is 0 Å². The molecule has 0 unspecified atom stereocenters. The monoisotopic (exact) mass is 122 g/mol. The maximum absolute atomic E-state index is 11.1. The quantitative estimate of drug-likeness (QED) is 0.388. The fourth-order valence-corrected chi connectivity index (χ4v) is 0.338. The smallest absolute Gasteiger partial charge is 0.194 e. The van der Waals surface area contributed by atoms with E-state index in [0.717, 1.165) is 0 Å². The predicted octanol–water partition coefficient (Wildman–Crippen LogP) is 0.355. The van der Waals surface area contributed by atoms with E-state index < -0.39 is 0 Å². The van der Waals surface area contributed by atoms with Crippen molar-refractivity contribution in [3.8, 4) is 0 Å². The van der Waals surface area contributed by atoms with Crippen LogP contribution in [0.1, 0.15) is 6.92 Å². The second kappa shape index (κ2) is 3.80. The zero-order chi connectivity index (χ0) is 5.70. The highest BCUT2D eigenvalue weighted by molar-refractivity contribution is 7.80. The molecule has 0 spiro atoms. The molecule has 0 amide bonds. The van der Waals surface area contributed by atoms with E-state index >= 15 is 0 Å². The molecule has 2 nitrogen and oxygen atoms in total. The Labute approximate surface area is 47.0 Å². The third-order valence-electron chi connectivity index (χ3n) is 0.423. The first-order chi connectivity index (χ1) is 3.31. The third-order valence-corrected chi connectivity index (χ3v) is 0.645. The van der Waals surface area contributed by atoms with E-state index in [-0.39, 0.29) is 5.11 Å². The van der Waals surface area contributed by atoms with Crippen LogP contribution >= 0.6 is 12.2 Å². The molecule has 0 aromatic heterocycles. The zero-order valence-corrected chi connectivity index (χ0v) is 4.81. The third kappa shape index (κ3) is 3.45. The molecule has 0 aliphatic rings. The highest BCUT2D eigenvalue weighted by Crippen LogP contribution is 1.61. The minimum absolute atomic E-state index is 0.0440. The van der Waals surface area contributed by atoms with E-state index in [1.807, 2.05) is 6.92 Å². The van der Waals surface area contributed by atoms with Gasteiger partial charge in [-0.2, -0.15) is 5.54 Å². The van der Waals surface area contributed by atoms with Crippen molar-refractivity contribution in [3.05, 3.63) is 0 Å². The molecule has 0 fully saturated rings. The summed E-state index contributed by atoms with van der Waals surface area (Å²) in [5, 5.41) is 2.58. The van der Waals surface area contributed by atoms with Gasteiger partial charge in [-0.15, -0.1) is 4.48 Å². The van der Waals surface area contributed by atoms with Gasteiger partial charge in [-0.3, -0.25) is 0 Å². The summed E-state index contributed by atoms with van der Waals surface area (Å²) in [6.45, 7) is 2.49. The number of nitrogens with one attached hydrogen (secondary N) is 2. The summed E-state index contributed by atoms with van der Waals surface area (Å²) >= 11 is 4.36. The number of rotatable bonds is 1. The van der Waals surface area contributed by atoms with Crippen molar-refractivity contribution >= 4 is 17.3 Å². The highest BCUT2D eigenvalue weighted by Gasteiger charge is 1.83. The number of halogens is 1. The lowest BCUT2D eigenvalue weighted by Gasteiger charge is -1.96. The minimum Gasteiger partial charge on any atom is -0.361 e. The fourth-order valence-electron chi connectivity index (χ4n) is 0.194. The molecule has 7 heavy (non-hydrogen) atoms. The Morgan fingerprint density at radius 2 is 2.43 bits per heavy atom. The van der Waals surface area contributed by atoms with Crippen molar-refractivity contribution in [1.29, 1.82) is 0 Å². The lowest BCUT2D eigenvalue weighted by Crippen LogP contribution is -2.29. The lowest BCUT2D eigenvalue weighted by molar-refractivity contribution is 0.429. The van der Waals surface area contributed by atoms with Crippen molar-refractivity contribution in [2.24, 2.45) is 0 Å². The summed E-state index contributed by atoms with van der Waals surface area (Å²) in [5.74, 6) is 0. The van der Waals surface area contributed by atoms with Gasteiger partial charge in [0.2, 0.25) is 0 Å². The SMILES string of the molecule is CCNC(=S)NF. The van der Waals surface area contributed by atoms with Crippen molar-refractivity contribution in [2.75, 3.05) is 6.54 Å². The van der Waals surface area contributed by atoms with E-state index in [9.17, 15) is 4.48 Å². The first-order valence-electron chi connectivity index (χ1n) is 1.95. The van der Waals surface area contributed by atoms with E-state index in [1.165, 1.54) is 5.54 Å². The van der Waals surface area contributed by atoms with Gasteiger partial charge in [0, 0.05) is 6.54 Å². The van der Waals surface area contributed by atoms with Gasteiger partial charge in [0.1, 0.15) is 0 Å². The molecule has 42 valence electrons. The maximum atomic E-state index is 11.1. The van der Waals surface area contributed by atoms with Crippen LogP contribution in [0.2, 0.25) is 0 Å². The zero-order valence-electron chi connectivity index (χ0n) is 3.99. The largest absolute Gasteiger partial charge is 0.361 e. The average Bonchev–Trinajstić information content (AvgIpc) is 1.68. The van der Waals surface area contributed by atoms with Gasteiger partial charge >= 0.3 is 0 Å². The van der Waals surface area contributed by atoms with Gasteiger partial charge in [-0.25, -0.2) is 0 Å². The second-order valence-corrected chi connectivity index (χ2v) is 1.36. The van der Waals surface area contributed by atoms with E-state index in [4.69, 9.17) is 0 Å². The molecule has 0 rings (SSSR count). The van der Waals surface area contributed by atoms with Crippen molar-refractivity contribution in [3.63, 3.8) is 0 Å². The second-order valence-electron chi connectivity index (χ2n) is 0.954. The van der Waals surface area contributed by atoms with Gasteiger partial charge in [-0.05, 0) is 19.1 Å². The average molecular weight is 122 g/mol. The molecule has 0 atom stereocenters. The topological polar surface area (TPSA) is 24.1 Å². The van der Waals surface area contributed by atoms with Gasteiger partial charge in [0.05, 0.1) is 0 Å². The summed E-state index contributed by atoms with van der Waals surface area (Å²) < 4.78 is 11.1. The van der Waals surface area contributed by atoms with Crippen LogP contribution in [0.5, 0.6) is 0 Å². The van der Waals surface area contributed by atoms with Gasteiger partial charge in [0.25, 0.3) is 0 Å². The van der Waals surface area contributed by atoms with E-state index in [2.05, 4.69) is 17.5 Å². The molecule has 0 aromatic rings. The molecule has 0 radical (unpaired) electrons. The van der Waals surface area contributed by atoms with Crippen molar-refractivity contribution in [2.45, 2.75) is 6.92 Å². The highest BCUT2D eigenvalue weighted by atomic mass is 32.1. The molecular formula is C3H7FN2S. The van der Waals surface area contributed by atoms with Crippen LogP contribution in [0, 0.1) is 0 Å². The standard InChI is InChI=1S/C3H7FN2S/c1-2-5-3(7)6-4/h2H2,1H3,(H2,5,6,7). The fraction of sp³-hybridized carbons (Fsp3) is 0.667. The Morgan fingerprint density at radius 1 is 1.86 bits per heavy atom. The van der Waals surface area contributed by atoms with Crippen LogP contribution < -0.4 is 10.9 Å². The Bertz CT molecular complexity index is 66.0. The molecular weight excluding hydrogens is 115 g/mol. The molecule has 0 heterocycles. The van der Waals surface area contributed by atoms with Crippen LogP contribution in [0.25, 0.3) is 0 Å². The van der Waals surface area contributed by atoms with Crippen LogP contribution in [-0.2, 0) is 0 Å². The van der Waals surface area contributed by atoms with Gasteiger partial charge in [0.15, 0.2) is 5.11 Å².